The zero-order valence-corrected chi connectivity index (χ0v) is 16.3. The lowest BCUT2D eigenvalue weighted by Crippen LogP contribution is -2.55. The molecule has 0 fully saturated rings. The third kappa shape index (κ3) is 2.35. The van der Waals surface area contributed by atoms with Gasteiger partial charge in [0.05, 0.1) is 17.6 Å². The SMILES string of the molecule is CC1=C(O)C[C@@H]2CC3Cc4c(cccc4-c4cnccn4)C(=O)C3=C(O)[C@]2(O)C1=O. The molecule has 1 unspecified atom stereocenters. The number of aliphatic hydroxyl groups excluding tert-OH is 2. The third-order valence-electron chi connectivity index (χ3n) is 6.70. The summed E-state index contributed by atoms with van der Waals surface area (Å²) in [5.74, 6) is -2.84. The van der Waals surface area contributed by atoms with E-state index < -0.39 is 23.1 Å². The Kier molecular flexibility index (Phi) is 3.95. The van der Waals surface area contributed by atoms with Crippen molar-refractivity contribution in [3.8, 4) is 11.3 Å². The van der Waals surface area contributed by atoms with E-state index in [4.69, 9.17) is 0 Å². The molecule has 7 heteroatoms. The standard InChI is InChI=1S/C23H20N2O5/c1-11-18(26)9-13-7-12-8-16-14(17-10-24-5-6-25-17)3-2-4-15(16)20(27)19(12)22(29)23(13,30)21(11)28/h2-6,10,12-13,26,29-30H,7-9H2,1H3/t12?,13-,23+/m0/s1. The summed E-state index contributed by atoms with van der Waals surface area (Å²) in [6.07, 6.45) is 5.63. The van der Waals surface area contributed by atoms with Crippen LogP contribution < -0.4 is 0 Å². The Morgan fingerprint density at radius 2 is 1.87 bits per heavy atom. The highest BCUT2D eigenvalue weighted by Gasteiger charge is 2.58. The van der Waals surface area contributed by atoms with Gasteiger partial charge in [0.1, 0.15) is 5.76 Å². The molecule has 1 aromatic carbocycles. The van der Waals surface area contributed by atoms with Crippen LogP contribution in [0.25, 0.3) is 11.3 Å². The second-order valence-electron chi connectivity index (χ2n) is 8.22. The van der Waals surface area contributed by atoms with Gasteiger partial charge in [-0.15, -0.1) is 0 Å². The lowest BCUT2D eigenvalue weighted by Gasteiger charge is -2.45. The molecule has 0 bridgehead atoms. The third-order valence-corrected chi connectivity index (χ3v) is 6.70. The molecule has 3 N–H and O–H groups in total. The maximum Gasteiger partial charge on any atom is 0.201 e. The first-order chi connectivity index (χ1) is 14.3. The number of hydrogen-bond donors (Lipinski definition) is 3. The summed E-state index contributed by atoms with van der Waals surface area (Å²) in [6, 6.07) is 5.31. The van der Waals surface area contributed by atoms with Crippen LogP contribution in [0.15, 0.2) is 59.5 Å². The maximum absolute atomic E-state index is 13.4. The smallest absolute Gasteiger partial charge is 0.201 e. The molecule has 0 saturated heterocycles. The largest absolute Gasteiger partial charge is 0.512 e. The van der Waals surface area contributed by atoms with Crippen LogP contribution in [0.1, 0.15) is 35.7 Å². The molecule has 0 radical (unpaired) electrons. The van der Waals surface area contributed by atoms with E-state index in [2.05, 4.69) is 9.97 Å². The van der Waals surface area contributed by atoms with Gasteiger partial charge in [-0.3, -0.25) is 19.6 Å². The topological polar surface area (TPSA) is 121 Å². The summed E-state index contributed by atoms with van der Waals surface area (Å²) >= 11 is 0. The van der Waals surface area contributed by atoms with Crippen molar-refractivity contribution in [2.75, 3.05) is 0 Å². The Morgan fingerprint density at radius 1 is 1.10 bits per heavy atom. The Labute approximate surface area is 172 Å². The monoisotopic (exact) mass is 404 g/mol. The molecule has 1 aromatic heterocycles. The predicted molar refractivity (Wildman–Crippen MR) is 107 cm³/mol. The number of carbonyl (C=O) groups is 2. The van der Waals surface area contributed by atoms with Gasteiger partial charge >= 0.3 is 0 Å². The van der Waals surface area contributed by atoms with Crippen LogP contribution in [-0.2, 0) is 11.2 Å². The van der Waals surface area contributed by atoms with E-state index in [1.807, 2.05) is 6.07 Å². The molecule has 3 atom stereocenters. The molecule has 0 amide bonds. The van der Waals surface area contributed by atoms with E-state index in [0.29, 0.717) is 24.1 Å². The van der Waals surface area contributed by atoms with Crippen molar-refractivity contribution in [2.24, 2.45) is 11.8 Å². The van der Waals surface area contributed by atoms with Gasteiger partial charge in [0.15, 0.2) is 11.4 Å². The Morgan fingerprint density at radius 3 is 2.60 bits per heavy atom. The summed E-state index contributed by atoms with van der Waals surface area (Å²) in [5.41, 5.74) is 0.636. The summed E-state index contributed by atoms with van der Waals surface area (Å²) < 4.78 is 0. The second-order valence-corrected chi connectivity index (χ2v) is 8.22. The molecule has 152 valence electrons. The van der Waals surface area contributed by atoms with Gasteiger partial charge in [-0.25, -0.2) is 0 Å². The molecule has 0 saturated carbocycles. The summed E-state index contributed by atoms with van der Waals surface area (Å²) in [4.78, 5) is 34.6. The molecule has 3 aliphatic rings. The molecule has 7 nitrogen and oxygen atoms in total. The minimum atomic E-state index is -2.17. The van der Waals surface area contributed by atoms with Gasteiger partial charge in [0, 0.05) is 47.0 Å². The molecule has 2 aromatic rings. The second kappa shape index (κ2) is 6.34. The highest BCUT2D eigenvalue weighted by Crippen LogP contribution is 2.51. The number of fused-ring (bicyclic) bond motifs is 3. The van der Waals surface area contributed by atoms with Gasteiger partial charge in [-0.1, -0.05) is 18.2 Å². The molecular weight excluding hydrogens is 384 g/mol. The van der Waals surface area contributed by atoms with Gasteiger partial charge in [-0.2, -0.15) is 0 Å². The number of nitrogens with zero attached hydrogens (tertiary/aromatic N) is 2. The van der Waals surface area contributed by atoms with Crippen LogP contribution in [0.2, 0.25) is 0 Å². The minimum Gasteiger partial charge on any atom is -0.512 e. The normalized spacial score (nSPS) is 28.2. The van der Waals surface area contributed by atoms with Crippen LogP contribution in [-0.4, -0.2) is 42.5 Å². The number of carbonyl (C=O) groups excluding carboxylic acids is 2. The summed E-state index contributed by atoms with van der Waals surface area (Å²) in [7, 11) is 0. The van der Waals surface area contributed by atoms with Crippen molar-refractivity contribution in [1.82, 2.24) is 9.97 Å². The van der Waals surface area contributed by atoms with E-state index in [1.165, 1.54) is 6.92 Å². The lowest BCUT2D eigenvalue weighted by atomic mass is 9.60. The van der Waals surface area contributed by atoms with Crippen molar-refractivity contribution in [1.29, 1.82) is 0 Å². The predicted octanol–water partition coefficient (Wildman–Crippen LogP) is 2.87. The number of benzene rings is 1. The average Bonchev–Trinajstić information content (AvgIpc) is 2.75. The van der Waals surface area contributed by atoms with Crippen LogP contribution in [0.3, 0.4) is 0 Å². The minimum absolute atomic E-state index is 0.0212. The van der Waals surface area contributed by atoms with Crippen LogP contribution in [0.4, 0.5) is 0 Å². The number of ketones is 2. The summed E-state index contributed by atoms with van der Waals surface area (Å²) in [5, 5.41) is 32.3. The molecule has 1 heterocycles. The fraction of sp³-hybridized carbons (Fsp3) is 0.304. The molecule has 30 heavy (non-hydrogen) atoms. The molecule has 3 aliphatic carbocycles. The Bertz CT molecular complexity index is 1170. The van der Waals surface area contributed by atoms with E-state index in [0.717, 1.165) is 11.1 Å². The van der Waals surface area contributed by atoms with Crippen molar-refractivity contribution in [2.45, 2.75) is 31.8 Å². The van der Waals surface area contributed by atoms with Crippen LogP contribution in [0.5, 0.6) is 0 Å². The number of Topliss-reactive ketones (excluding diaryl/α,β-unsaturated/α-hetero) is 2. The number of allylic oxidation sites excluding steroid dienone is 2. The highest BCUT2D eigenvalue weighted by molar-refractivity contribution is 6.14. The van der Waals surface area contributed by atoms with Crippen molar-refractivity contribution < 1.29 is 24.9 Å². The maximum atomic E-state index is 13.4. The average molecular weight is 404 g/mol. The number of aromatic nitrogens is 2. The van der Waals surface area contributed by atoms with Gasteiger partial charge in [0.2, 0.25) is 5.78 Å². The molecule has 5 rings (SSSR count). The lowest BCUT2D eigenvalue weighted by molar-refractivity contribution is -0.142. The number of hydrogen-bond acceptors (Lipinski definition) is 7. The number of rotatable bonds is 1. The van der Waals surface area contributed by atoms with Gasteiger partial charge in [0.25, 0.3) is 0 Å². The zero-order valence-electron chi connectivity index (χ0n) is 16.3. The fourth-order valence-corrected chi connectivity index (χ4v) is 5.12. The summed E-state index contributed by atoms with van der Waals surface area (Å²) in [6.45, 7) is 1.42. The van der Waals surface area contributed by atoms with Crippen LogP contribution in [0, 0.1) is 11.8 Å². The number of aliphatic hydroxyl groups is 3. The van der Waals surface area contributed by atoms with Crippen LogP contribution >= 0.6 is 0 Å². The van der Waals surface area contributed by atoms with Crippen molar-refractivity contribution in [3.63, 3.8) is 0 Å². The molecule has 0 spiro atoms. The van der Waals surface area contributed by atoms with E-state index in [-0.39, 0.29) is 35.0 Å². The first-order valence-corrected chi connectivity index (χ1v) is 9.86. The van der Waals surface area contributed by atoms with E-state index >= 15 is 0 Å². The highest BCUT2D eigenvalue weighted by atomic mass is 16.3. The van der Waals surface area contributed by atoms with E-state index in [1.54, 1.807) is 30.7 Å². The first-order valence-electron chi connectivity index (χ1n) is 9.86. The molecular formula is C23H20N2O5. The fourth-order valence-electron chi connectivity index (χ4n) is 5.12. The zero-order chi connectivity index (χ0) is 21.2. The Hall–Kier alpha value is -3.32. The van der Waals surface area contributed by atoms with Gasteiger partial charge in [-0.05, 0) is 31.2 Å². The van der Waals surface area contributed by atoms with Crippen molar-refractivity contribution in [3.05, 3.63) is 70.6 Å². The molecule has 0 aliphatic heterocycles. The quantitative estimate of drug-likeness (QED) is 0.668. The first kappa shape index (κ1) is 18.7. The van der Waals surface area contributed by atoms with E-state index in [9.17, 15) is 24.9 Å². The van der Waals surface area contributed by atoms with Crippen molar-refractivity contribution >= 4 is 11.6 Å². The Balaban J connectivity index is 1.67. The van der Waals surface area contributed by atoms with Gasteiger partial charge < -0.3 is 15.3 Å².